The molecule has 1 N–H and O–H groups in total. The highest BCUT2D eigenvalue weighted by molar-refractivity contribution is 4.65. The second-order valence-electron chi connectivity index (χ2n) is 3.57. The highest BCUT2D eigenvalue weighted by Gasteiger charge is 2.01. The van der Waals surface area contributed by atoms with Crippen molar-refractivity contribution < 1.29 is 9.84 Å². The van der Waals surface area contributed by atoms with Crippen LogP contribution in [-0.2, 0) is 4.74 Å². The molecule has 0 fully saturated rings. The van der Waals surface area contributed by atoms with E-state index in [0.717, 1.165) is 25.7 Å². The Hall–Kier alpha value is -0.340. The van der Waals surface area contributed by atoms with Crippen LogP contribution in [0, 0.1) is 0 Å². The van der Waals surface area contributed by atoms with Crippen molar-refractivity contribution in [2.75, 3.05) is 6.61 Å². The molecule has 0 aliphatic heterocycles. The molecule has 0 spiro atoms. The van der Waals surface area contributed by atoms with Crippen molar-refractivity contribution in [2.45, 2.75) is 51.7 Å². The number of hydrogen-bond acceptors (Lipinski definition) is 2. The van der Waals surface area contributed by atoms with Gasteiger partial charge in [0.2, 0.25) is 0 Å². The van der Waals surface area contributed by atoms with Gasteiger partial charge in [-0.3, -0.25) is 0 Å². The first-order valence-electron chi connectivity index (χ1n) is 5.07. The van der Waals surface area contributed by atoms with Crippen LogP contribution in [0.1, 0.15) is 39.5 Å². The summed E-state index contributed by atoms with van der Waals surface area (Å²) in [5, 5.41) is 9.01. The molecule has 0 aromatic heterocycles. The van der Waals surface area contributed by atoms with Crippen LogP contribution in [0.2, 0.25) is 0 Å². The van der Waals surface area contributed by atoms with E-state index in [1.54, 1.807) is 6.08 Å². The first-order valence-corrected chi connectivity index (χ1v) is 5.07. The second-order valence-corrected chi connectivity index (χ2v) is 3.57. The van der Waals surface area contributed by atoms with Gasteiger partial charge in [-0.1, -0.05) is 18.9 Å². The van der Waals surface area contributed by atoms with E-state index in [1.807, 2.05) is 6.92 Å². The van der Waals surface area contributed by atoms with Gasteiger partial charge in [-0.05, 0) is 26.7 Å². The fourth-order valence-electron chi connectivity index (χ4n) is 1.19. The maximum Gasteiger partial charge on any atom is 0.0648 e. The van der Waals surface area contributed by atoms with Gasteiger partial charge in [0, 0.05) is 0 Å². The molecule has 0 rings (SSSR count). The molecular formula is C11H22O2. The third kappa shape index (κ3) is 9.57. The number of ether oxygens (including phenoxy) is 1. The van der Waals surface area contributed by atoms with Crippen LogP contribution < -0.4 is 0 Å². The molecule has 0 aliphatic carbocycles. The van der Waals surface area contributed by atoms with Crippen molar-refractivity contribution in [3.63, 3.8) is 0 Å². The molecule has 0 heterocycles. The quantitative estimate of drug-likeness (QED) is 0.466. The van der Waals surface area contributed by atoms with Crippen LogP contribution in [0.5, 0.6) is 0 Å². The topological polar surface area (TPSA) is 29.5 Å². The Morgan fingerprint density at radius 1 is 1.31 bits per heavy atom. The smallest absolute Gasteiger partial charge is 0.0648 e. The van der Waals surface area contributed by atoms with Crippen LogP contribution in [0.25, 0.3) is 0 Å². The first-order chi connectivity index (χ1) is 6.16. The summed E-state index contributed by atoms with van der Waals surface area (Å²) in [5.41, 5.74) is 0. The van der Waals surface area contributed by atoms with Crippen LogP contribution in [0.15, 0.2) is 12.7 Å². The van der Waals surface area contributed by atoms with Gasteiger partial charge >= 0.3 is 0 Å². The summed E-state index contributed by atoms with van der Waals surface area (Å²) in [6.45, 7) is 8.14. The molecule has 0 bridgehead atoms. The summed E-state index contributed by atoms with van der Waals surface area (Å²) in [7, 11) is 0. The lowest BCUT2D eigenvalue weighted by Crippen LogP contribution is -2.08. The molecule has 2 unspecified atom stereocenters. The van der Waals surface area contributed by atoms with Gasteiger partial charge in [0.25, 0.3) is 0 Å². The number of rotatable bonds is 8. The van der Waals surface area contributed by atoms with Crippen molar-refractivity contribution >= 4 is 0 Å². The zero-order valence-electron chi connectivity index (χ0n) is 8.83. The normalized spacial score (nSPS) is 15.3. The van der Waals surface area contributed by atoms with Gasteiger partial charge in [-0.15, -0.1) is 6.58 Å². The van der Waals surface area contributed by atoms with Gasteiger partial charge < -0.3 is 9.84 Å². The molecule has 0 amide bonds. The van der Waals surface area contributed by atoms with Gasteiger partial charge in [0.15, 0.2) is 0 Å². The standard InChI is InChI=1S/C11H22O2/c1-4-9-13-11(3)8-6-5-7-10(2)12/h4,10-12H,1,5-9H2,2-3H3. The third-order valence-corrected chi connectivity index (χ3v) is 1.98. The average Bonchev–Trinajstić information content (AvgIpc) is 2.08. The van der Waals surface area contributed by atoms with Gasteiger partial charge in [-0.2, -0.15) is 0 Å². The maximum atomic E-state index is 9.01. The van der Waals surface area contributed by atoms with Crippen LogP contribution >= 0.6 is 0 Å². The molecule has 0 saturated heterocycles. The fourth-order valence-corrected chi connectivity index (χ4v) is 1.19. The van der Waals surface area contributed by atoms with E-state index in [2.05, 4.69) is 13.5 Å². The lowest BCUT2D eigenvalue weighted by Gasteiger charge is -2.11. The highest BCUT2D eigenvalue weighted by atomic mass is 16.5. The van der Waals surface area contributed by atoms with Crippen molar-refractivity contribution in [1.82, 2.24) is 0 Å². The second kappa shape index (κ2) is 8.27. The van der Waals surface area contributed by atoms with E-state index in [-0.39, 0.29) is 6.10 Å². The summed E-state index contributed by atoms with van der Waals surface area (Å²) >= 11 is 0. The molecule has 0 aromatic carbocycles. The van der Waals surface area contributed by atoms with Crippen molar-refractivity contribution in [3.8, 4) is 0 Å². The van der Waals surface area contributed by atoms with E-state index in [1.165, 1.54) is 0 Å². The molecular weight excluding hydrogens is 164 g/mol. The Morgan fingerprint density at radius 2 is 1.92 bits per heavy atom. The van der Waals surface area contributed by atoms with E-state index in [9.17, 15) is 0 Å². The molecule has 2 heteroatoms. The van der Waals surface area contributed by atoms with E-state index in [4.69, 9.17) is 9.84 Å². The predicted octanol–water partition coefficient (Wildman–Crippen LogP) is 2.52. The summed E-state index contributed by atoms with van der Waals surface area (Å²) in [5.74, 6) is 0. The Bertz CT molecular complexity index is 121. The SMILES string of the molecule is C=CCOC(C)CCCCC(C)O. The highest BCUT2D eigenvalue weighted by Crippen LogP contribution is 2.07. The van der Waals surface area contributed by atoms with Gasteiger partial charge in [-0.25, -0.2) is 0 Å². The molecule has 0 aromatic rings. The Kier molecular flexibility index (Phi) is 8.05. The number of unbranched alkanes of at least 4 members (excludes halogenated alkanes) is 1. The molecule has 13 heavy (non-hydrogen) atoms. The van der Waals surface area contributed by atoms with Crippen LogP contribution in [-0.4, -0.2) is 23.9 Å². The third-order valence-electron chi connectivity index (χ3n) is 1.98. The van der Waals surface area contributed by atoms with Crippen molar-refractivity contribution in [3.05, 3.63) is 12.7 Å². The largest absolute Gasteiger partial charge is 0.393 e. The molecule has 2 nitrogen and oxygen atoms in total. The zero-order valence-corrected chi connectivity index (χ0v) is 8.83. The van der Waals surface area contributed by atoms with E-state index < -0.39 is 0 Å². The predicted molar refractivity (Wildman–Crippen MR) is 55.8 cm³/mol. The molecule has 0 aliphatic rings. The number of aliphatic hydroxyl groups excluding tert-OH is 1. The Morgan fingerprint density at radius 3 is 2.46 bits per heavy atom. The Balaban J connectivity index is 3.16. The first kappa shape index (κ1) is 12.7. The number of hydrogen-bond donors (Lipinski definition) is 1. The Labute approximate surface area is 81.6 Å². The number of aliphatic hydroxyl groups is 1. The fraction of sp³-hybridized carbons (Fsp3) is 0.818. The summed E-state index contributed by atoms with van der Waals surface area (Å²) in [6, 6.07) is 0. The van der Waals surface area contributed by atoms with E-state index >= 15 is 0 Å². The average molecular weight is 186 g/mol. The van der Waals surface area contributed by atoms with Crippen LogP contribution in [0.3, 0.4) is 0 Å². The molecule has 2 atom stereocenters. The van der Waals surface area contributed by atoms with E-state index in [0.29, 0.717) is 12.7 Å². The van der Waals surface area contributed by atoms with Gasteiger partial charge in [0.1, 0.15) is 0 Å². The minimum Gasteiger partial charge on any atom is -0.393 e. The maximum absolute atomic E-state index is 9.01. The molecule has 78 valence electrons. The summed E-state index contributed by atoms with van der Waals surface area (Å²) < 4.78 is 5.42. The van der Waals surface area contributed by atoms with Crippen molar-refractivity contribution in [1.29, 1.82) is 0 Å². The van der Waals surface area contributed by atoms with Crippen molar-refractivity contribution in [2.24, 2.45) is 0 Å². The lowest BCUT2D eigenvalue weighted by molar-refractivity contribution is 0.0786. The zero-order chi connectivity index (χ0) is 10.1. The molecule has 0 radical (unpaired) electrons. The monoisotopic (exact) mass is 186 g/mol. The summed E-state index contributed by atoms with van der Waals surface area (Å²) in [4.78, 5) is 0. The molecule has 0 saturated carbocycles. The summed E-state index contributed by atoms with van der Waals surface area (Å²) in [6.07, 6.45) is 6.10. The lowest BCUT2D eigenvalue weighted by atomic mass is 10.1. The van der Waals surface area contributed by atoms with Gasteiger partial charge in [0.05, 0.1) is 18.8 Å². The minimum absolute atomic E-state index is 0.163. The van der Waals surface area contributed by atoms with Crippen LogP contribution in [0.4, 0.5) is 0 Å². The minimum atomic E-state index is -0.163.